The van der Waals surface area contributed by atoms with E-state index in [1.165, 1.54) is 26.4 Å². The zero-order valence-corrected chi connectivity index (χ0v) is 64.5. The van der Waals surface area contributed by atoms with Gasteiger partial charge < -0.3 is 91.3 Å². The number of nitrogens with one attached hydrogen (secondary N) is 8. The summed E-state index contributed by atoms with van der Waals surface area (Å²) in [7, 11) is 4.57. The van der Waals surface area contributed by atoms with Crippen LogP contribution in [-0.2, 0) is 46.7 Å². The van der Waals surface area contributed by atoms with E-state index in [2.05, 4.69) is 56.7 Å². The van der Waals surface area contributed by atoms with Crippen LogP contribution in [0.3, 0.4) is 0 Å². The van der Waals surface area contributed by atoms with Gasteiger partial charge in [-0.2, -0.15) is 0 Å². The molecule has 1 aliphatic carbocycles. The first kappa shape index (κ1) is 79.2. The lowest BCUT2D eigenvalue weighted by Crippen LogP contribution is -2.55. The Balaban J connectivity index is 0.588. The van der Waals surface area contributed by atoms with E-state index in [0.29, 0.717) is 91.4 Å². The van der Waals surface area contributed by atoms with Gasteiger partial charge in [0.15, 0.2) is 29.2 Å². The van der Waals surface area contributed by atoms with Gasteiger partial charge >= 0.3 is 6.09 Å². The quantitative estimate of drug-likeness (QED) is 0.0195. The molecule has 1 saturated heterocycles. The number of hydrazine groups is 2. The normalized spacial score (nSPS) is 18.0. The number of aliphatic hydroxyl groups excluding tert-OH is 1. The lowest BCUT2D eigenvalue weighted by atomic mass is 9.95. The number of rotatable bonds is 30. The second-order valence-electron chi connectivity index (χ2n) is 29.9. The van der Waals surface area contributed by atoms with Crippen molar-refractivity contribution in [3.63, 3.8) is 0 Å². The Kier molecular flexibility index (Phi) is 24.4. The van der Waals surface area contributed by atoms with Crippen LogP contribution in [0.2, 0.25) is 0 Å². The molecule has 6 heterocycles. The fourth-order valence-electron chi connectivity index (χ4n) is 15.3. The van der Waals surface area contributed by atoms with Crippen molar-refractivity contribution in [1.82, 2.24) is 47.0 Å². The van der Waals surface area contributed by atoms with Gasteiger partial charge in [0.1, 0.15) is 24.4 Å². The Morgan fingerprint density at radius 1 is 0.690 bits per heavy atom. The number of anilines is 4. The molecule has 7 aliphatic rings. The first-order chi connectivity index (χ1) is 54.6. The lowest BCUT2D eigenvalue weighted by molar-refractivity contribution is -0.132. The minimum Gasteiger partial charge on any atom is -0.497 e. The van der Waals surface area contributed by atoms with Crippen molar-refractivity contribution in [2.45, 2.75) is 141 Å². The maximum atomic E-state index is 14.6. The molecule has 1 saturated carbocycles. The smallest absolute Gasteiger partial charge is 0.416 e. The van der Waals surface area contributed by atoms with Crippen LogP contribution < -0.4 is 82.1 Å². The van der Waals surface area contributed by atoms with Gasteiger partial charge in [-0.05, 0) is 141 Å². The van der Waals surface area contributed by atoms with Gasteiger partial charge in [-0.15, -0.1) is 5.53 Å². The summed E-state index contributed by atoms with van der Waals surface area (Å²) in [4.78, 5) is 131. The lowest BCUT2D eigenvalue weighted by Gasteiger charge is -2.32. The van der Waals surface area contributed by atoms with Crippen LogP contribution >= 0.6 is 0 Å². The van der Waals surface area contributed by atoms with Crippen LogP contribution in [0.4, 0.5) is 27.5 Å². The molecule has 6 aromatic carbocycles. The van der Waals surface area contributed by atoms with Crippen molar-refractivity contribution in [2.24, 2.45) is 17.1 Å². The first-order valence-corrected chi connectivity index (χ1v) is 38.4. The zero-order chi connectivity index (χ0) is 79.8. The van der Waals surface area contributed by atoms with Crippen LogP contribution in [0.25, 0.3) is 17.0 Å². The highest BCUT2D eigenvalue weighted by Crippen LogP contribution is 2.57. The topological polar surface area (TPSA) is 368 Å². The molecule has 596 valence electrons. The van der Waals surface area contributed by atoms with Crippen LogP contribution in [-0.4, -0.2) is 177 Å². The molecular formula is C83H98N14O16. The van der Waals surface area contributed by atoms with E-state index in [1.54, 1.807) is 72.1 Å². The van der Waals surface area contributed by atoms with Gasteiger partial charge in [0.05, 0.1) is 106 Å². The second-order valence-corrected chi connectivity index (χ2v) is 29.9. The molecule has 30 heteroatoms. The van der Waals surface area contributed by atoms with Gasteiger partial charge in [0, 0.05) is 73.5 Å². The van der Waals surface area contributed by atoms with Gasteiger partial charge in [-0.1, -0.05) is 80.6 Å². The van der Waals surface area contributed by atoms with E-state index in [9.17, 15) is 48.3 Å². The van der Waals surface area contributed by atoms with Crippen molar-refractivity contribution in [3.05, 3.63) is 166 Å². The molecule has 1 unspecified atom stereocenters. The molecule has 13 rings (SSSR count). The van der Waals surface area contributed by atoms with E-state index in [-0.39, 0.29) is 104 Å². The van der Waals surface area contributed by atoms with E-state index in [4.69, 9.17) is 34.2 Å². The molecule has 6 aromatic rings. The average molecular weight is 1550 g/mol. The predicted octanol–water partition coefficient (Wildman–Crippen LogP) is 7.52. The number of fused-ring (bicyclic) bond motifs is 8. The Labute approximate surface area is 655 Å². The summed E-state index contributed by atoms with van der Waals surface area (Å²) in [6.45, 7) is 7.97. The molecule has 0 aromatic heterocycles. The Morgan fingerprint density at radius 3 is 2.08 bits per heavy atom. The number of benzene rings is 6. The van der Waals surface area contributed by atoms with E-state index in [1.807, 2.05) is 84.0 Å². The number of methoxy groups -OCH3 is 3. The maximum absolute atomic E-state index is 14.6. The minimum atomic E-state index is -1.51. The van der Waals surface area contributed by atoms with Gasteiger partial charge in [-0.3, -0.25) is 43.4 Å². The molecule has 1 spiro atoms. The third-order valence-corrected chi connectivity index (χ3v) is 21.6. The maximum Gasteiger partial charge on any atom is 0.416 e. The largest absolute Gasteiger partial charge is 0.497 e. The van der Waals surface area contributed by atoms with Crippen LogP contribution in [0.5, 0.6) is 28.7 Å². The van der Waals surface area contributed by atoms with Crippen molar-refractivity contribution in [3.8, 4) is 28.7 Å². The van der Waals surface area contributed by atoms with Crippen molar-refractivity contribution >= 4 is 93.1 Å². The summed E-state index contributed by atoms with van der Waals surface area (Å²) in [5.41, 5.74) is 21.5. The second kappa shape index (κ2) is 34.8. The molecule has 9 amide bonds. The first-order valence-electron chi connectivity index (χ1n) is 38.4. The molecule has 11 N–H and O–H groups in total. The number of carbonyl (C=O) groups is 9. The molecule has 2 fully saturated rings. The van der Waals surface area contributed by atoms with Crippen LogP contribution in [0.1, 0.15) is 140 Å². The summed E-state index contributed by atoms with van der Waals surface area (Å²) in [6.07, 6.45) is 3.54. The third-order valence-electron chi connectivity index (χ3n) is 21.6. The highest BCUT2D eigenvalue weighted by molar-refractivity contribution is 6.07. The predicted molar refractivity (Wildman–Crippen MR) is 421 cm³/mol. The highest BCUT2D eigenvalue weighted by atomic mass is 16.6. The number of para-hydroxylation sites is 1. The molecule has 6 aliphatic heterocycles. The summed E-state index contributed by atoms with van der Waals surface area (Å²) < 4.78 is 35.4. The van der Waals surface area contributed by atoms with Crippen LogP contribution in [0, 0.1) is 11.3 Å². The van der Waals surface area contributed by atoms with E-state index < -0.39 is 79.0 Å². The fraction of sp³-hybridized carbons (Fsp3) is 0.410. The molecule has 0 bridgehead atoms. The number of nitrogens with zero attached hydrogens (tertiary/aromatic N) is 5. The minimum absolute atomic E-state index is 0.0537. The Hall–Kier alpha value is -11.9. The van der Waals surface area contributed by atoms with Gasteiger partial charge in [0.2, 0.25) is 35.4 Å². The number of amides is 9. The SMILES string of the molecule is COc1ccc(C2=CN3C(=O)c4cc(OC)c(OCCCOc5cc6c(cc5OC)C(=O)N5CC7(CC7)C[C@H]5C(O)N6C(=O)OCc5ccc(NC(=O)[C@H](CCCCN)NC(=O)[C@@H](NC(=O)CNC(=O)CNC(=O)CCC(=O)N6Cc7ccccc7C7=C(c8ccccc86)N(C(C)C)NN7)C(C)C)cc5)cc4NC[C@@H]3C2)cc1. The number of hydrogen-bond acceptors (Lipinski definition) is 21. The van der Waals surface area contributed by atoms with Crippen molar-refractivity contribution in [1.29, 1.82) is 0 Å². The zero-order valence-electron chi connectivity index (χ0n) is 64.5. The van der Waals surface area contributed by atoms with Gasteiger partial charge in [0.25, 0.3) is 11.8 Å². The summed E-state index contributed by atoms with van der Waals surface area (Å²) >= 11 is 0. The average Bonchev–Trinajstić information content (AvgIpc) is 1.57. The fourth-order valence-corrected chi connectivity index (χ4v) is 15.3. The molecule has 0 radical (unpaired) electrons. The Bertz CT molecular complexity index is 4680. The number of aliphatic hydroxyl groups is 1. The van der Waals surface area contributed by atoms with E-state index >= 15 is 0 Å². The number of unbranched alkanes of at least 4 members (excludes halogenated alkanes) is 1. The van der Waals surface area contributed by atoms with Crippen molar-refractivity contribution in [2.75, 3.05) is 87.7 Å². The highest BCUT2D eigenvalue weighted by Gasteiger charge is 2.58. The summed E-state index contributed by atoms with van der Waals surface area (Å²) in [5.74, 6) is -2.55. The third kappa shape index (κ3) is 17.6. The van der Waals surface area contributed by atoms with Gasteiger partial charge in [-0.25, -0.2) is 9.69 Å². The number of hydrogen-bond donors (Lipinski definition) is 10. The summed E-state index contributed by atoms with van der Waals surface area (Å²) in [6, 6.07) is 33.1. The molecular weight excluding hydrogens is 1450 g/mol. The van der Waals surface area contributed by atoms with Crippen LogP contribution in [0.15, 0.2) is 128 Å². The number of carbonyl (C=O) groups excluding carboxylic acids is 9. The Morgan fingerprint density at radius 2 is 1.38 bits per heavy atom. The number of ether oxygens (including phenoxy) is 6. The summed E-state index contributed by atoms with van der Waals surface area (Å²) in [5, 5.41) is 31.1. The standard InChI is InChI=1S/C83H98N14O16/c1-48(2)74(90-72(100)43-87-71(99)42-86-70(98)28-29-73(101)94-44-52-15-8-9-16-57(52)75-76(97(49(3)4)92-91-75)58-17-10-11-19-63(58)94)78(103)89-61(18-12-13-32-84)77(102)88-54-24-20-50(21-25-54)46-113-82(107)96-64-39-69(67(110-7)37-60(64)80(105)95-47-83(30-31-83)40-65(95)81(96)106)112-34-14-33-111-68-38-62-59(36-66(68)109-6)79(104)93-45-53(35-55(93)41-85-62)51-22-26-56(108-5)27-23-51/h8-11,15-17,19-27,36-39,45,48-49,55,61,65,74,81,85,91-92,106H,12-14,18,28-35,40-44,46-47,84H2,1-7H3,(H,86,98)(H,87,99)(H,88,102)(H,89,103)(H,90,100)/t55-,61-,65-,74-,81?/m0/s1. The number of nitrogens with two attached hydrogens (primary N) is 1. The molecule has 30 nitrogen and oxygen atoms in total. The molecule has 5 atom stereocenters. The monoisotopic (exact) mass is 1550 g/mol. The molecule has 113 heavy (non-hydrogen) atoms. The van der Waals surface area contributed by atoms with E-state index in [0.717, 1.165) is 62.7 Å². The van der Waals surface area contributed by atoms with Crippen molar-refractivity contribution < 1.29 is 76.7 Å².